The number of carbonyl (C=O) groups excluding carboxylic acids is 2. The first-order valence-corrected chi connectivity index (χ1v) is 9.53. The molecule has 1 unspecified atom stereocenters. The number of Topliss-reactive ketones (excluding diaryl/α,β-unsaturated/α-hetero) is 1. The normalized spacial score (nSPS) is 28.6. The van der Waals surface area contributed by atoms with Crippen molar-refractivity contribution >= 4 is 11.7 Å². The lowest BCUT2D eigenvalue weighted by Gasteiger charge is -2.30. The zero-order valence-corrected chi connectivity index (χ0v) is 16.2. The van der Waals surface area contributed by atoms with Crippen LogP contribution in [0.3, 0.4) is 0 Å². The van der Waals surface area contributed by atoms with E-state index in [0.29, 0.717) is 24.9 Å². The fourth-order valence-electron chi connectivity index (χ4n) is 4.01. The number of hydrogen-bond donors (Lipinski definition) is 0. The van der Waals surface area contributed by atoms with Crippen molar-refractivity contribution < 1.29 is 18.4 Å². The Labute approximate surface area is 163 Å². The Balaban J connectivity index is 1.89. The first-order chi connectivity index (χ1) is 13.2. The molecule has 4 nitrogen and oxygen atoms in total. The van der Waals surface area contributed by atoms with Crippen molar-refractivity contribution in [2.24, 2.45) is 5.41 Å². The third-order valence-electron chi connectivity index (χ3n) is 5.86. The van der Waals surface area contributed by atoms with Crippen LogP contribution in [0.15, 0.2) is 42.0 Å². The van der Waals surface area contributed by atoms with Crippen molar-refractivity contribution in [3.63, 3.8) is 0 Å². The van der Waals surface area contributed by atoms with Gasteiger partial charge in [0.2, 0.25) is 5.91 Å². The van der Waals surface area contributed by atoms with Crippen LogP contribution in [0.25, 0.3) is 0 Å². The molecule has 1 aromatic carbocycles. The molecule has 1 heterocycles. The van der Waals surface area contributed by atoms with E-state index >= 15 is 0 Å². The number of carbonyl (C=O) groups is 2. The summed E-state index contributed by atoms with van der Waals surface area (Å²) in [4.78, 5) is 27.2. The van der Waals surface area contributed by atoms with Gasteiger partial charge in [-0.2, -0.15) is 5.26 Å². The van der Waals surface area contributed by atoms with Gasteiger partial charge < -0.3 is 4.90 Å². The van der Waals surface area contributed by atoms with E-state index in [4.69, 9.17) is 0 Å². The van der Waals surface area contributed by atoms with Gasteiger partial charge in [-0.15, -0.1) is 0 Å². The molecule has 1 fully saturated rings. The van der Waals surface area contributed by atoms with E-state index in [2.05, 4.69) is 0 Å². The average molecular weight is 386 g/mol. The molecule has 6 heteroatoms. The van der Waals surface area contributed by atoms with Crippen molar-refractivity contribution in [2.75, 3.05) is 13.1 Å². The van der Waals surface area contributed by atoms with Gasteiger partial charge in [-0.05, 0) is 24.8 Å². The highest BCUT2D eigenvalue weighted by Gasteiger charge is 2.77. The Hall–Kier alpha value is -2.55. The van der Waals surface area contributed by atoms with Crippen molar-refractivity contribution in [2.45, 2.75) is 50.9 Å². The van der Waals surface area contributed by atoms with Crippen LogP contribution in [-0.4, -0.2) is 35.6 Å². The van der Waals surface area contributed by atoms with Gasteiger partial charge in [0, 0.05) is 24.9 Å². The van der Waals surface area contributed by atoms with Gasteiger partial charge >= 0.3 is 0 Å². The van der Waals surface area contributed by atoms with Gasteiger partial charge in [0.25, 0.3) is 5.92 Å². The fourth-order valence-corrected chi connectivity index (χ4v) is 4.01. The van der Waals surface area contributed by atoms with Crippen molar-refractivity contribution in [3.8, 4) is 6.07 Å². The van der Waals surface area contributed by atoms with E-state index in [1.165, 1.54) is 11.0 Å². The molecular weight excluding hydrogens is 362 g/mol. The predicted molar refractivity (Wildman–Crippen MR) is 101 cm³/mol. The lowest BCUT2D eigenvalue weighted by atomic mass is 9.79. The number of hydrogen-bond acceptors (Lipinski definition) is 3. The molecule has 1 aromatic rings. The second kappa shape index (κ2) is 7.12. The van der Waals surface area contributed by atoms with Crippen LogP contribution in [0, 0.1) is 16.7 Å². The Kier molecular flexibility index (Phi) is 5.14. The first-order valence-electron chi connectivity index (χ1n) is 9.53. The molecule has 1 aliphatic heterocycles. The molecule has 148 valence electrons. The summed E-state index contributed by atoms with van der Waals surface area (Å²) in [6.07, 6.45) is 2.31. The van der Waals surface area contributed by atoms with Crippen molar-refractivity contribution in [1.29, 1.82) is 5.26 Å². The second-order valence-corrected chi connectivity index (χ2v) is 8.28. The number of halogens is 2. The van der Waals surface area contributed by atoms with Gasteiger partial charge in [0.1, 0.15) is 11.5 Å². The fraction of sp³-hybridized carbons (Fsp3) is 0.500. The van der Waals surface area contributed by atoms with Gasteiger partial charge in [-0.3, -0.25) is 9.59 Å². The standard InChI is InChI=1S/C22H24F2N2O2/c1-20(2)11-7-13-26(12-6-8-16(14-25)18(20)27)19(28)21(15-22(21,23)24)17-9-4-3-5-10-17/h3-5,8-10H,6-7,11-13,15H2,1-2H3/b16-8-. The number of nitriles is 1. The lowest BCUT2D eigenvalue weighted by Crippen LogP contribution is -2.43. The number of benzene rings is 1. The average Bonchev–Trinajstić information content (AvgIpc) is 3.26. The lowest BCUT2D eigenvalue weighted by molar-refractivity contribution is -0.137. The monoisotopic (exact) mass is 386 g/mol. The van der Waals surface area contributed by atoms with Crippen LogP contribution in [0.5, 0.6) is 0 Å². The summed E-state index contributed by atoms with van der Waals surface area (Å²) in [5.74, 6) is -3.84. The Morgan fingerprint density at radius 3 is 2.39 bits per heavy atom. The van der Waals surface area contributed by atoms with Gasteiger partial charge in [0.05, 0.1) is 5.57 Å². The summed E-state index contributed by atoms with van der Waals surface area (Å²) < 4.78 is 28.8. The highest BCUT2D eigenvalue weighted by Crippen LogP contribution is 2.62. The summed E-state index contributed by atoms with van der Waals surface area (Å²) in [7, 11) is 0. The Morgan fingerprint density at radius 2 is 1.82 bits per heavy atom. The van der Waals surface area contributed by atoms with E-state index in [9.17, 15) is 23.6 Å². The molecule has 28 heavy (non-hydrogen) atoms. The maximum atomic E-state index is 14.4. The topological polar surface area (TPSA) is 61.2 Å². The van der Waals surface area contributed by atoms with E-state index in [1.807, 2.05) is 6.07 Å². The molecule has 1 amide bonds. The molecule has 2 aliphatic rings. The highest BCUT2D eigenvalue weighted by molar-refractivity contribution is 6.02. The van der Waals surface area contributed by atoms with Crippen LogP contribution in [0.2, 0.25) is 0 Å². The molecule has 0 radical (unpaired) electrons. The van der Waals surface area contributed by atoms with Crippen LogP contribution >= 0.6 is 0 Å². The van der Waals surface area contributed by atoms with Crippen LogP contribution in [0.1, 0.15) is 45.1 Å². The van der Waals surface area contributed by atoms with Crippen LogP contribution < -0.4 is 0 Å². The molecule has 0 N–H and O–H groups in total. The molecule has 1 saturated carbocycles. The molecule has 0 spiro atoms. The van der Waals surface area contributed by atoms with Crippen molar-refractivity contribution in [1.82, 2.24) is 4.90 Å². The van der Waals surface area contributed by atoms with Crippen molar-refractivity contribution in [3.05, 3.63) is 47.5 Å². The zero-order chi connectivity index (χ0) is 20.6. The minimum absolute atomic E-state index is 0.0776. The maximum Gasteiger partial charge on any atom is 0.268 e. The summed E-state index contributed by atoms with van der Waals surface area (Å²) in [6.45, 7) is 4.07. The van der Waals surface area contributed by atoms with Gasteiger partial charge in [0.15, 0.2) is 5.78 Å². The molecule has 1 atom stereocenters. The van der Waals surface area contributed by atoms with E-state index < -0.39 is 29.1 Å². The quantitative estimate of drug-likeness (QED) is 0.771. The van der Waals surface area contributed by atoms with Crippen LogP contribution in [-0.2, 0) is 15.0 Å². The SMILES string of the molecule is CC1(C)CCCN(C(=O)C2(c3ccccc3)CC2(F)F)CC/C=C(/C#N)C1=O. The number of rotatable bonds is 2. The minimum Gasteiger partial charge on any atom is -0.341 e. The van der Waals surface area contributed by atoms with Crippen LogP contribution in [0.4, 0.5) is 8.78 Å². The molecule has 0 saturated heterocycles. The molecule has 0 aromatic heterocycles. The molecule has 1 aliphatic carbocycles. The maximum absolute atomic E-state index is 14.4. The third kappa shape index (κ3) is 3.34. The van der Waals surface area contributed by atoms with Gasteiger partial charge in [-0.1, -0.05) is 50.3 Å². The number of alkyl halides is 2. The number of amides is 1. The van der Waals surface area contributed by atoms with E-state index in [1.54, 1.807) is 44.2 Å². The Morgan fingerprint density at radius 1 is 1.18 bits per heavy atom. The predicted octanol–water partition coefficient (Wildman–Crippen LogP) is 4.02. The smallest absolute Gasteiger partial charge is 0.268 e. The Bertz CT molecular complexity index is 855. The summed E-state index contributed by atoms with van der Waals surface area (Å²) in [6, 6.07) is 10.2. The third-order valence-corrected chi connectivity index (χ3v) is 5.86. The summed E-state index contributed by atoms with van der Waals surface area (Å²) in [5.41, 5.74) is -2.11. The molecular formula is C22H24F2N2O2. The highest BCUT2D eigenvalue weighted by atomic mass is 19.3. The minimum atomic E-state index is -3.07. The number of ketones is 1. The molecule has 3 rings (SSSR count). The number of nitrogens with zero attached hydrogens (tertiary/aromatic N) is 2. The first kappa shape index (κ1) is 20.2. The van der Waals surface area contributed by atoms with E-state index in [0.717, 1.165) is 0 Å². The number of allylic oxidation sites excluding steroid dienone is 1. The van der Waals surface area contributed by atoms with Gasteiger partial charge in [-0.25, -0.2) is 8.78 Å². The molecule has 0 bridgehead atoms. The van der Waals surface area contributed by atoms with E-state index in [-0.39, 0.29) is 24.3 Å². The summed E-state index contributed by atoms with van der Waals surface area (Å²) >= 11 is 0. The summed E-state index contributed by atoms with van der Waals surface area (Å²) in [5, 5.41) is 9.29. The largest absolute Gasteiger partial charge is 0.341 e. The second-order valence-electron chi connectivity index (χ2n) is 8.28. The zero-order valence-electron chi connectivity index (χ0n) is 16.2.